The number of ether oxygens (including phenoxy) is 1. The van der Waals surface area contributed by atoms with Gasteiger partial charge < -0.3 is 30.1 Å². The molecule has 186 valence electrons. The van der Waals surface area contributed by atoms with Gasteiger partial charge in [0.25, 0.3) is 5.56 Å². The monoisotopic (exact) mass is 499 g/mol. The fourth-order valence-electron chi connectivity index (χ4n) is 5.63. The molecule has 0 saturated heterocycles. The molecule has 6 rings (SSSR count). The van der Waals surface area contributed by atoms with Gasteiger partial charge in [-0.05, 0) is 60.2 Å². The van der Waals surface area contributed by atoms with Crippen molar-refractivity contribution in [2.45, 2.75) is 26.1 Å². The minimum Gasteiger partial charge on any atom is -0.507 e. The molecule has 0 spiro atoms. The summed E-state index contributed by atoms with van der Waals surface area (Å²) in [5.74, 6) is -2.76. The van der Waals surface area contributed by atoms with Crippen molar-refractivity contribution >= 4 is 22.3 Å². The van der Waals surface area contributed by atoms with E-state index in [0.717, 1.165) is 0 Å². The molecule has 1 heterocycles. The number of rotatable bonds is 1. The summed E-state index contributed by atoms with van der Waals surface area (Å²) in [7, 11) is 1.34. The third kappa shape index (κ3) is 2.83. The Morgan fingerprint density at radius 2 is 1.43 bits per heavy atom. The number of aromatic hydroxyl groups is 3. The number of hydrogen-bond acceptors (Lipinski definition) is 8. The van der Waals surface area contributed by atoms with Crippen LogP contribution in [0.5, 0.6) is 17.2 Å². The van der Waals surface area contributed by atoms with Gasteiger partial charge >= 0.3 is 0 Å². The number of aryl methyl sites for hydroxylation is 2. The zero-order valence-corrected chi connectivity index (χ0v) is 20.0. The molecule has 3 aromatic carbocycles. The molecular formula is C28H21NO8. The number of aromatic nitrogens is 1. The van der Waals surface area contributed by atoms with Crippen molar-refractivity contribution in [3.05, 3.63) is 85.3 Å². The van der Waals surface area contributed by atoms with Crippen LogP contribution < -0.4 is 5.56 Å². The molecule has 1 aromatic heterocycles. The molecule has 5 N–H and O–H groups in total. The molecule has 9 heteroatoms. The lowest BCUT2D eigenvalue weighted by molar-refractivity contribution is -0.0163. The molecule has 9 nitrogen and oxygen atoms in total. The van der Waals surface area contributed by atoms with Crippen LogP contribution in [0.4, 0.5) is 0 Å². The van der Waals surface area contributed by atoms with Gasteiger partial charge in [-0.1, -0.05) is 6.07 Å². The van der Waals surface area contributed by atoms with E-state index in [-0.39, 0.29) is 55.6 Å². The van der Waals surface area contributed by atoms with E-state index < -0.39 is 40.8 Å². The minimum absolute atomic E-state index is 0.0220. The number of fused-ring (bicyclic) bond motifs is 6. The van der Waals surface area contributed by atoms with Crippen molar-refractivity contribution in [3.8, 4) is 28.4 Å². The van der Waals surface area contributed by atoms with Crippen LogP contribution in [0.25, 0.3) is 21.9 Å². The van der Waals surface area contributed by atoms with Gasteiger partial charge in [-0.25, -0.2) is 0 Å². The Bertz CT molecular complexity index is 1800. The van der Waals surface area contributed by atoms with Crippen molar-refractivity contribution < 1.29 is 34.8 Å². The van der Waals surface area contributed by atoms with Gasteiger partial charge in [0.05, 0.1) is 16.5 Å². The summed E-state index contributed by atoms with van der Waals surface area (Å²) in [6.07, 6.45) is -2.41. The Labute approximate surface area is 209 Å². The topological polar surface area (TPSA) is 157 Å². The summed E-state index contributed by atoms with van der Waals surface area (Å²) in [6.45, 7) is 3.27. The maximum atomic E-state index is 13.5. The highest BCUT2D eigenvalue weighted by Gasteiger charge is 2.43. The Balaban J connectivity index is 1.74. The molecule has 0 amide bonds. The molecule has 2 atom stereocenters. The maximum absolute atomic E-state index is 13.5. The van der Waals surface area contributed by atoms with Crippen molar-refractivity contribution in [1.29, 1.82) is 0 Å². The Kier molecular flexibility index (Phi) is 4.66. The van der Waals surface area contributed by atoms with Gasteiger partial charge in [-0.2, -0.15) is 0 Å². The summed E-state index contributed by atoms with van der Waals surface area (Å²) in [6, 6.07) is 7.42. The molecule has 0 fully saturated rings. The zero-order chi connectivity index (χ0) is 26.5. The fraction of sp³-hybridized carbons (Fsp3) is 0.179. The molecule has 0 aliphatic heterocycles. The summed E-state index contributed by atoms with van der Waals surface area (Å²) < 4.78 is 5.55. The molecular weight excluding hydrogens is 478 g/mol. The van der Waals surface area contributed by atoms with E-state index in [2.05, 4.69) is 4.98 Å². The van der Waals surface area contributed by atoms with Crippen LogP contribution in [0.2, 0.25) is 0 Å². The van der Waals surface area contributed by atoms with Gasteiger partial charge in [0.15, 0.2) is 11.6 Å². The van der Waals surface area contributed by atoms with Gasteiger partial charge in [0.1, 0.15) is 29.5 Å². The first-order valence-corrected chi connectivity index (χ1v) is 11.5. The van der Waals surface area contributed by atoms with E-state index in [9.17, 15) is 34.8 Å². The van der Waals surface area contributed by atoms with Crippen molar-refractivity contribution in [1.82, 2.24) is 4.98 Å². The van der Waals surface area contributed by atoms with Crippen LogP contribution in [0.1, 0.15) is 66.4 Å². The van der Waals surface area contributed by atoms with E-state index in [1.54, 1.807) is 19.9 Å². The van der Waals surface area contributed by atoms with Crippen LogP contribution in [-0.2, 0) is 4.74 Å². The average Bonchev–Trinajstić information content (AvgIpc) is 2.84. The average molecular weight is 499 g/mol. The molecule has 37 heavy (non-hydrogen) atoms. The van der Waals surface area contributed by atoms with Crippen LogP contribution >= 0.6 is 0 Å². The zero-order valence-electron chi connectivity index (χ0n) is 20.0. The number of H-pyrrole nitrogens is 1. The number of pyridine rings is 1. The van der Waals surface area contributed by atoms with E-state index in [1.807, 2.05) is 0 Å². The molecule has 0 radical (unpaired) electrons. The molecule has 2 aliphatic rings. The predicted octanol–water partition coefficient (Wildman–Crippen LogP) is 3.44. The molecule has 2 unspecified atom stereocenters. The number of phenols is 3. The first kappa shape index (κ1) is 23.0. The number of carbonyl (C=O) groups excluding carboxylic acids is 2. The number of phenolic OH excluding ortho intramolecular Hbond substituents is 3. The summed E-state index contributed by atoms with van der Waals surface area (Å²) in [4.78, 5) is 42.4. The number of methoxy groups -OCH3 is 1. The molecule has 4 aromatic rings. The Morgan fingerprint density at radius 1 is 0.784 bits per heavy atom. The number of benzene rings is 3. The van der Waals surface area contributed by atoms with E-state index in [0.29, 0.717) is 16.6 Å². The second-order valence-electron chi connectivity index (χ2n) is 9.46. The first-order chi connectivity index (χ1) is 17.6. The lowest BCUT2D eigenvalue weighted by Gasteiger charge is -2.34. The first-order valence-electron chi connectivity index (χ1n) is 11.5. The van der Waals surface area contributed by atoms with Gasteiger partial charge in [-0.15, -0.1) is 0 Å². The van der Waals surface area contributed by atoms with Gasteiger partial charge in [0, 0.05) is 35.1 Å². The predicted molar refractivity (Wildman–Crippen MR) is 132 cm³/mol. The SMILES string of the molecule is COC1c2cc3c(c(O)c2-c2c(cc4cc(C)[nH]c(=O)c4c2O)C1O)C(=O)c1ccc(C)c(O)c1C3=O. The largest absolute Gasteiger partial charge is 0.507 e. The van der Waals surface area contributed by atoms with Crippen LogP contribution in [0, 0.1) is 13.8 Å². The highest BCUT2D eigenvalue weighted by atomic mass is 16.5. The van der Waals surface area contributed by atoms with Crippen molar-refractivity contribution in [2.75, 3.05) is 7.11 Å². The lowest BCUT2D eigenvalue weighted by atomic mass is 9.74. The van der Waals surface area contributed by atoms with E-state index >= 15 is 0 Å². The smallest absolute Gasteiger partial charge is 0.259 e. The lowest BCUT2D eigenvalue weighted by Crippen LogP contribution is -2.25. The maximum Gasteiger partial charge on any atom is 0.259 e. The number of carbonyl (C=O) groups is 2. The quantitative estimate of drug-likeness (QED) is 0.235. The van der Waals surface area contributed by atoms with E-state index in [1.165, 1.54) is 31.4 Å². The second kappa shape index (κ2) is 7.52. The second-order valence-corrected chi connectivity index (χ2v) is 9.46. The van der Waals surface area contributed by atoms with Crippen LogP contribution in [0.15, 0.2) is 35.1 Å². The minimum atomic E-state index is -1.34. The Morgan fingerprint density at radius 3 is 2.14 bits per heavy atom. The summed E-state index contributed by atoms with van der Waals surface area (Å²) in [5.41, 5.74) is -0.0311. The summed E-state index contributed by atoms with van der Waals surface area (Å²) >= 11 is 0. The van der Waals surface area contributed by atoms with Gasteiger partial charge in [0.2, 0.25) is 0 Å². The van der Waals surface area contributed by atoms with Crippen LogP contribution in [-0.4, -0.2) is 44.1 Å². The number of aliphatic hydroxyl groups is 1. The highest BCUT2D eigenvalue weighted by molar-refractivity contribution is 6.31. The number of ketones is 2. The third-order valence-electron chi connectivity index (χ3n) is 7.34. The number of aromatic amines is 1. The third-order valence-corrected chi connectivity index (χ3v) is 7.34. The molecule has 0 saturated carbocycles. The molecule has 2 aliphatic carbocycles. The van der Waals surface area contributed by atoms with Gasteiger partial charge in [-0.3, -0.25) is 14.4 Å². The normalized spacial score (nSPS) is 17.8. The number of hydrogen-bond donors (Lipinski definition) is 5. The number of nitrogens with one attached hydrogen (secondary N) is 1. The van der Waals surface area contributed by atoms with Crippen molar-refractivity contribution in [2.24, 2.45) is 0 Å². The van der Waals surface area contributed by atoms with Crippen molar-refractivity contribution in [3.63, 3.8) is 0 Å². The van der Waals surface area contributed by atoms with Crippen LogP contribution in [0.3, 0.4) is 0 Å². The highest BCUT2D eigenvalue weighted by Crippen LogP contribution is 2.56. The van der Waals surface area contributed by atoms with E-state index in [4.69, 9.17) is 4.74 Å². The number of aliphatic hydroxyl groups excluding tert-OH is 1. The fourth-order valence-corrected chi connectivity index (χ4v) is 5.63. The summed E-state index contributed by atoms with van der Waals surface area (Å²) in [5, 5.41) is 44.9. The standard InChI is InChI=1S/C28H21NO8/c1-9-4-5-12-19(21(9)30)23(32)14-8-15-18(26(35)20(14)22(12)31)17-13(24(33)27(15)37-3)7-11-6-10(2)29-28(36)16(11)25(17)34/h4-8,24,27,30,33-35H,1-3H3,(H,29,36). The Hall–Kier alpha value is -4.47. The molecule has 0 bridgehead atoms.